The largest absolute Gasteiger partial charge is 0.453 e. The zero-order chi connectivity index (χ0) is 19.2. The molecule has 3 heterocycles. The highest BCUT2D eigenvalue weighted by atomic mass is 19.4. The van der Waals surface area contributed by atoms with Crippen molar-refractivity contribution < 1.29 is 13.2 Å². The van der Waals surface area contributed by atoms with Crippen LogP contribution in [0.5, 0.6) is 0 Å². The van der Waals surface area contributed by atoms with E-state index in [-0.39, 0.29) is 11.8 Å². The van der Waals surface area contributed by atoms with Crippen LogP contribution in [0, 0.1) is 20.8 Å². The molecule has 10 heteroatoms. The van der Waals surface area contributed by atoms with Crippen molar-refractivity contribution in [3.8, 4) is 0 Å². The van der Waals surface area contributed by atoms with Gasteiger partial charge in [-0.1, -0.05) is 6.92 Å². The highest BCUT2D eigenvalue weighted by Crippen LogP contribution is 2.30. The molecule has 0 aliphatic rings. The van der Waals surface area contributed by atoms with Crippen LogP contribution in [0.1, 0.15) is 47.9 Å². The van der Waals surface area contributed by atoms with Crippen LogP contribution in [0.3, 0.4) is 0 Å². The molecular formula is C16H20F3N7. The molecule has 1 atom stereocenters. The van der Waals surface area contributed by atoms with Gasteiger partial charge in [-0.25, -0.2) is 4.98 Å². The van der Waals surface area contributed by atoms with Gasteiger partial charge in [0.25, 0.3) is 11.6 Å². The Morgan fingerprint density at radius 2 is 1.85 bits per heavy atom. The molecule has 0 aliphatic heterocycles. The lowest BCUT2D eigenvalue weighted by Crippen LogP contribution is -2.15. The molecule has 0 bridgehead atoms. The lowest BCUT2D eigenvalue weighted by molar-refractivity contribution is -0.144. The van der Waals surface area contributed by atoms with E-state index in [1.807, 2.05) is 27.8 Å². The maximum Gasteiger partial charge on any atom is 0.453 e. The highest BCUT2D eigenvalue weighted by Gasteiger charge is 2.37. The third kappa shape index (κ3) is 3.11. The molecule has 0 saturated carbocycles. The van der Waals surface area contributed by atoms with Gasteiger partial charge in [-0.15, -0.1) is 5.10 Å². The number of nitrogens with one attached hydrogen (secondary N) is 1. The third-order valence-electron chi connectivity index (χ3n) is 4.34. The molecule has 140 valence electrons. The number of fused-ring (bicyclic) bond motifs is 1. The predicted molar refractivity (Wildman–Crippen MR) is 89.9 cm³/mol. The summed E-state index contributed by atoms with van der Waals surface area (Å²) in [6.07, 6.45) is -3.91. The molecule has 7 nitrogen and oxygen atoms in total. The number of aryl methyl sites for hydroxylation is 3. The molecule has 1 unspecified atom stereocenters. The van der Waals surface area contributed by atoms with Crippen LogP contribution in [0.15, 0.2) is 6.07 Å². The van der Waals surface area contributed by atoms with Crippen LogP contribution in [0.2, 0.25) is 0 Å². The van der Waals surface area contributed by atoms with E-state index < -0.39 is 12.0 Å². The first-order valence-corrected chi connectivity index (χ1v) is 8.20. The van der Waals surface area contributed by atoms with Gasteiger partial charge in [-0.3, -0.25) is 4.68 Å². The summed E-state index contributed by atoms with van der Waals surface area (Å²) in [6.45, 7) is 7.58. The Hall–Kier alpha value is -2.65. The molecule has 0 aromatic carbocycles. The number of aromatic nitrogens is 6. The van der Waals surface area contributed by atoms with Gasteiger partial charge in [0.1, 0.15) is 5.82 Å². The zero-order valence-electron chi connectivity index (χ0n) is 15.2. The van der Waals surface area contributed by atoms with E-state index in [1.165, 1.54) is 0 Å². The summed E-state index contributed by atoms with van der Waals surface area (Å²) >= 11 is 0. The van der Waals surface area contributed by atoms with Crippen molar-refractivity contribution in [3.05, 3.63) is 34.5 Å². The van der Waals surface area contributed by atoms with Crippen molar-refractivity contribution in [3.63, 3.8) is 0 Å². The molecule has 0 amide bonds. The molecule has 26 heavy (non-hydrogen) atoms. The Balaban J connectivity index is 2.08. The van der Waals surface area contributed by atoms with E-state index >= 15 is 0 Å². The molecule has 0 radical (unpaired) electrons. The molecule has 3 aromatic rings. The van der Waals surface area contributed by atoms with Gasteiger partial charge in [0.05, 0.1) is 11.7 Å². The van der Waals surface area contributed by atoms with Crippen LogP contribution in [-0.4, -0.2) is 29.4 Å². The van der Waals surface area contributed by atoms with Crippen molar-refractivity contribution in [2.24, 2.45) is 7.05 Å². The molecule has 0 saturated heterocycles. The fraction of sp³-hybridized carbons (Fsp3) is 0.500. The van der Waals surface area contributed by atoms with E-state index in [1.54, 1.807) is 17.7 Å². The predicted octanol–water partition coefficient (Wildman–Crippen LogP) is 3.37. The zero-order valence-corrected chi connectivity index (χ0v) is 15.2. The number of halogens is 3. The lowest BCUT2D eigenvalue weighted by atomic mass is 10.0. The van der Waals surface area contributed by atoms with E-state index in [2.05, 4.69) is 25.5 Å². The average molecular weight is 367 g/mol. The third-order valence-corrected chi connectivity index (χ3v) is 4.34. The summed E-state index contributed by atoms with van der Waals surface area (Å²) in [5.74, 6) is -0.889. The second-order valence-electron chi connectivity index (χ2n) is 6.24. The topological polar surface area (TPSA) is 72.9 Å². The second kappa shape index (κ2) is 6.26. The molecule has 1 N–H and O–H groups in total. The summed E-state index contributed by atoms with van der Waals surface area (Å²) in [6, 6.07) is 1.53. The fourth-order valence-electron chi connectivity index (χ4n) is 3.06. The summed E-state index contributed by atoms with van der Waals surface area (Å²) in [5, 5.41) is 11.3. The van der Waals surface area contributed by atoms with Crippen LogP contribution >= 0.6 is 0 Å². The highest BCUT2D eigenvalue weighted by molar-refractivity contribution is 5.48. The van der Waals surface area contributed by atoms with Crippen LogP contribution < -0.4 is 5.32 Å². The monoisotopic (exact) mass is 367 g/mol. The SMILES string of the molecule is CCC(Nc1cc(C)nc2nc(C(F)(F)F)nn12)c1c(C)nn(C)c1C. The van der Waals surface area contributed by atoms with Crippen molar-refractivity contribution in [2.75, 3.05) is 5.32 Å². The van der Waals surface area contributed by atoms with Gasteiger partial charge >= 0.3 is 6.18 Å². The van der Waals surface area contributed by atoms with Crippen molar-refractivity contribution in [2.45, 2.75) is 46.3 Å². The Kier molecular flexibility index (Phi) is 4.37. The van der Waals surface area contributed by atoms with Crippen LogP contribution in [-0.2, 0) is 13.2 Å². The Morgan fingerprint density at radius 3 is 2.38 bits per heavy atom. The van der Waals surface area contributed by atoms with Gasteiger partial charge in [0.2, 0.25) is 0 Å². The minimum atomic E-state index is -4.63. The Morgan fingerprint density at radius 1 is 1.15 bits per heavy atom. The normalized spacial score (nSPS) is 13.4. The maximum atomic E-state index is 13.0. The minimum Gasteiger partial charge on any atom is -0.363 e. The number of nitrogens with zero attached hydrogens (tertiary/aromatic N) is 6. The fourth-order valence-corrected chi connectivity index (χ4v) is 3.06. The van der Waals surface area contributed by atoms with Crippen molar-refractivity contribution >= 4 is 11.6 Å². The van der Waals surface area contributed by atoms with E-state index in [0.29, 0.717) is 11.5 Å². The average Bonchev–Trinajstić information content (AvgIpc) is 3.07. The van der Waals surface area contributed by atoms with Crippen molar-refractivity contribution in [1.82, 2.24) is 29.4 Å². The number of alkyl halides is 3. The van der Waals surface area contributed by atoms with E-state index in [4.69, 9.17) is 0 Å². The minimum absolute atomic E-state index is 0.0886. The quantitative estimate of drug-likeness (QED) is 0.765. The summed E-state index contributed by atoms with van der Waals surface area (Å²) in [7, 11) is 1.86. The van der Waals surface area contributed by atoms with Gasteiger partial charge in [0, 0.05) is 30.1 Å². The van der Waals surface area contributed by atoms with E-state index in [0.717, 1.165) is 27.9 Å². The summed E-state index contributed by atoms with van der Waals surface area (Å²) in [4.78, 5) is 7.56. The Bertz CT molecular complexity index is 955. The molecule has 3 rings (SSSR count). The van der Waals surface area contributed by atoms with Crippen molar-refractivity contribution in [1.29, 1.82) is 0 Å². The first kappa shape index (κ1) is 18.2. The number of anilines is 1. The molecule has 0 aliphatic carbocycles. The van der Waals surface area contributed by atoms with Crippen LogP contribution in [0.4, 0.5) is 19.0 Å². The van der Waals surface area contributed by atoms with Gasteiger partial charge in [-0.2, -0.15) is 27.8 Å². The summed E-state index contributed by atoms with van der Waals surface area (Å²) in [5.41, 5.74) is 3.45. The number of hydrogen-bond donors (Lipinski definition) is 1. The lowest BCUT2D eigenvalue weighted by Gasteiger charge is -2.19. The van der Waals surface area contributed by atoms with E-state index in [9.17, 15) is 13.2 Å². The Labute approximate surface area is 148 Å². The molecule has 3 aromatic heterocycles. The maximum absolute atomic E-state index is 13.0. The molecular weight excluding hydrogens is 347 g/mol. The molecule has 0 spiro atoms. The van der Waals surface area contributed by atoms with Gasteiger partial charge in [0.15, 0.2) is 0 Å². The second-order valence-corrected chi connectivity index (χ2v) is 6.24. The summed E-state index contributed by atoms with van der Waals surface area (Å²) < 4.78 is 41.8. The standard InChI is InChI=1S/C16H20F3N7/c1-6-11(13-9(3)23-25(5)10(13)4)21-12-7-8(2)20-15-22-14(16(17,18)19)24-26(12)15/h7,11,21H,6H2,1-5H3. The van der Waals surface area contributed by atoms with Gasteiger partial charge in [-0.05, 0) is 27.2 Å². The van der Waals surface area contributed by atoms with Gasteiger partial charge < -0.3 is 5.32 Å². The first-order valence-electron chi connectivity index (χ1n) is 8.20. The number of hydrogen-bond acceptors (Lipinski definition) is 5. The number of rotatable bonds is 4. The molecule has 0 fully saturated rings. The smallest absolute Gasteiger partial charge is 0.363 e. The van der Waals surface area contributed by atoms with Crippen LogP contribution in [0.25, 0.3) is 5.78 Å². The first-order chi connectivity index (χ1) is 12.1.